The topological polar surface area (TPSA) is 43.4 Å². The van der Waals surface area contributed by atoms with Crippen molar-refractivity contribution in [3.63, 3.8) is 0 Å². The molecule has 0 saturated heterocycles. The molecule has 0 spiro atoms. The molecule has 2 rings (SSSR count). The van der Waals surface area contributed by atoms with Crippen LogP contribution in [0, 0.1) is 6.92 Å². The van der Waals surface area contributed by atoms with E-state index >= 15 is 0 Å². The summed E-state index contributed by atoms with van der Waals surface area (Å²) in [6.45, 7) is 5.83. The van der Waals surface area contributed by atoms with Crippen LogP contribution in [-0.4, -0.2) is 8.42 Å². The van der Waals surface area contributed by atoms with Crippen molar-refractivity contribution >= 4 is 10.1 Å². The minimum atomic E-state index is -3.74. The van der Waals surface area contributed by atoms with E-state index in [9.17, 15) is 8.42 Å². The standard InChI is InChI=1S/C13H12O3S.C2H6/c1-11-6-5-9-13(10-11)17(14,15)16-12-7-3-2-4-8-12;1-2/h2-10H,1H3;1-2H3. The SMILES string of the molecule is CC.Cc1cccc(S(=O)(=O)Oc2ccccc2)c1. The number of hydrogen-bond acceptors (Lipinski definition) is 3. The van der Waals surface area contributed by atoms with E-state index < -0.39 is 10.1 Å². The zero-order chi connectivity index (χ0) is 14.3. The Kier molecular flexibility index (Phi) is 5.57. The van der Waals surface area contributed by atoms with E-state index in [4.69, 9.17) is 4.18 Å². The summed E-state index contributed by atoms with van der Waals surface area (Å²) in [6, 6.07) is 15.1. The van der Waals surface area contributed by atoms with Gasteiger partial charge in [0.1, 0.15) is 10.6 Å². The molecule has 0 fully saturated rings. The van der Waals surface area contributed by atoms with Crippen molar-refractivity contribution < 1.29 is 12.6 Å². The van der Waals surface area contributed by atoms with E-state index in [0.717, 1.165) is 5.56 Å². The molecule has 0 radical (unpaired) electrons. The predicted molar refractivity (Wildman–Crippen MR) is 76.8 cm³/mol. The Labute approximate surface area is 115 Å². The third kappa shape index (κ3) is 4.41. The van der Waals surface area contributed by atoms with Crippen LogP contribution >= 0.6 is 0 Å². The first-order valence-corrected chi connectivity index (χ1v) is 7.55. The predicted octanol–water partition coefficient (Wildman–Crippen LogP) is 3.79. The van der Waals surface area contributed by atoms with Crippen molar-refractivity contribution in [3.8, 4) is 5.75 Å². The molecule has 0 unspecified atom stereocenters. The molecule has 0 amide bonds. The maximum absolute atomic E-state index is 11.9. The van der Waals surface area contributed by atoms with Crippen LogP contribution in [0.1, 0.15) is 19.4 Å². The Morgan fingerprint density at radius 3 is 2.11 bits per heavy atom. The molecular weight excluding hydrogens is 260 g/mol. The molecule has 0 N–H and O–H groups in total. The molecule has 2 aromatic rings. The normalized spacial score (nSPS) is 10.3. The van der Waals surface area contributed by atoms with Crippen LogP contribution in [0.5, 0.6) is 5.75 Å². The fraction of sp³-hybridized carbons (Fsp3) is 0.200. The van der Waals surface area contributed by atoms with Gasteiger partial charge in [0, 0.05) is 0 Å². The van der Waals surface area contributed by atoms with Gasteiger partial charge in [-0.2, -0.15) is 8.42 Å². The number of hydrogen-bond donors (Lipinski definition) is 0. The monoisotopic (exact) mass is 278 g/mol. The van der Waals surface area contributed by atoms with Crippen LogP contribution in [0.4, 0.5) is 0 Å². The minimum absolute atomic E-state index is 0.168. The summed E-state index contributed by atoms with van der Waals surface area (Å²) in [4.78, 5) is 0.168. The summed E-state index contributed by atoms with van der Waals surface area (Å²) in [5, 5.41) is 0. The highest BCUT2D eigenvalue weighted by molar-refractivity contribution is 7.87. The third-order valence-electron chi connectivity index (χ3n) is 2.23. The van der Waals surface area contributed by atoms with Crippen molar-refractivity contribution in [1.82, 2.24) is 0 Å². The highest BCUT2D eigenvalue weighted by atomic mass is 32.2. The number of rotatable bonds is 3. The Balaban J connectivity index is 0.000000861. The van der Waals surface area contributed by atoms with Gasteiger partial charge in [0.05, 0.1) is 0 Å². The molecule has 3 nitrogen and oxygen atoms in total. The van der Waals surface area contributed by atoms with E-state index in [-0.39, 0.29) is 4.90 Å². The van der Waals surface area contributed by atoms with E-state index in [2.05, 4.69) is 0 Å². The van der Waals surface area contributed by atoms with E-state index in [0.29, 0.717) is 5.75 Å². The summed E-state index contributed by atoms with van der Waals surface area (Å²) in [5.74, 6) is 0.314. The van der Waals surface area contributed by atoms with E-state index in [1.54, 1.807) is 42.5 Å². The fourth-order valence-corrected chi connectivity index (χ4v) is 2.46. The summed E-state index contributed by atoms with van der Waals surface area (Å²) < 4.78 is 28.9. The van der Waals surface area contributed by atoms with E-state index in [1.807, 2.05) is 26.8 Å². The Morgan fingerprint density at radius 2 is 1.53 bits per heavy atom. The van der Waals surface area contributed by atoms with Crippen molar-refractivity contribution in [2.75, 3.05) is 0 Å². The average molecular weight is 278 g/mol. The van der Waals surface area contributed by atoms with Gasteiger partial charge >= 0.3 is 10.1 Å². The zero-order valence-corrected chi connectivity index (χ0v) is 12.1. The van der Waals surface area contributed by atoms with Gasteiger partial charge in [0.2, 0.25) is 0 Å². The first-order chi connectivity index (χ1) is 9.08. The molecule has 4 heteroatoms. The maximum Gasteiger partial charge on any atom is 0.339 e. The second kappa shape index (κ2) is 6.95. The lowest BCUT2D eigenvalue weighted by molar-refractivity contribution is 0.486. The Morgan fingerprint density at radius 1 is 0.895 bits per heavy atom. The fourth-order valence-electron chi connectivity index (χ4n) is 1.42. The maximum atomic E-state index is 11.9. The lowest BCUT2D eigenvalue weighted by Gasteiger charge is -2.07. The van der Waals surface area contributed by atoms with Crippen LogP contribution < -0.4 is 4.18 Å². The molecule has 2 aromatic carbocycles. The molecule has 0 aromatic heterocycles. The molecule has 0 aliphatic rings. The van der Waals surface area contributed by atoms with Crippen molar-refractivity contribution in [3.05, 3.63) is 60.2 Å². The first-order valence-electron chi connectivity index (χ1n) is 6.14. The van der Waals surface area contributed by atoms with Gasteiger partial charge in [-0.05, 0) is 36.8 Å². The van der Waals surface area contributed by atoms with Gasteiger partial charge in [-0.15, -0.1) is 0 Å². The van der Waals surface area contributed by atoms with Crippen molar-refractivity contribution in [1.29, 1.82) is 0 Å². The molecule has 0 aliphatic heterocycles. The van der Waals surface area contributed by atoms with Crippen LogP contribution in [0.3, 0.4) is 0 Å². The van der Waals surface area contributed by atoms with Crippen LogP contribution in [0.25, 0.3) is 0 Å². The van der Waals surface area contributed by atoms with Crippen LogP contribution in [-0.2, 0) is 10.1 Å². The average Bonchev–Trinajstić information content (AvgIpc) is 2.42. The van der Waals surface area contributed by atoms with Gasteiger partial charge in [-0.1, -0.05) is 44.2 Å². The lowest BCUT2D eigenvalue weighted by atomic mass is 10.2. The van der Waals surface area contributed by atoms with Gasteiger partial charge in [0.15, 0.2) is 0 Å². The summed E-state index contributed by atoms with van der Waals surface area (Å²) in [6.07, 6.45) is 0. The van der Waals surface area contributed by atoms with Gasteiger partial charge in [-0.25, -0.2) is 0 Å². The van der Waals surface area contributed by atoms with Crippen LogP contribution in [0.2, 0.25) is 0 Å². The number of benzene rings is 2. The molecule has 0 bridgehead atoms. The number of aryl methyl sites for hydroxylation is 1. The molecule has 102 valence electrons. The third-order valence-corrected chi connectivity index (χ3v) is 3.47. The molecular formula is C15H18O3S. The molecule has 0 atom stereocenters. The summed E-state index contributed by atoms with van der Waals surface area (Å²) in [7, 11) is -3.74. The Hall–Kier alpha value is -1.81. The van der Waals surface area contributed by atoms with Gasteiger partial charge < -0.3 is 4.18 Å². The zero-order valence-electron chi connectivity index (χ0n) is 11.3. The van der Waals surface area contributed by atoms with Crippen LogP contribution in [0.15, 0.2) is 59.5 Å². The quantitative estimate of drug-likeness (QED) is 0.802. The largest absolute Gasteiger partial charge is 0.379 e. The molecule has 0 heterocycles. The van der Waals surface area contributed by atoms with Gasteiger partial charge in [-0.3, -0.25) is 0 Å². The molecule has 0 aliphatic carbocycles. The Bertz CT molecular complexity index is 604. The van der Waals surface area contributed by atoms with Gasteiger partial charge in [0.25, 0.3) is 0 Å². The summed E-state index contributed by atoms with van der Waals surface area (Å²) >= 11 is 0. The smallest absolute Gasteiger partial charge is 0.339 e. The first kappa shape index (κ1) is 15.2. The number of para-hydroxylation sites is 1. The summed E-state index contributed by atoms with van der Waals surface area (Å²) in [5.41, 5.74) is 0.878. The highest BCUT2D eigenvalue weighted by Crippen LogP contribution is 2.18. The molecule has 19 heavy (non-hydrogen) atoms. The lowest BCUT2D eigenvalue weighted by Crippen LogP contribution is -2.09. The molecule has 0 saturated carbocycles. The van der Waals surface area contributed by atoms with Crippen molar-refractivity contribution in [2.24, 2.45) is 0 Å². The second-order valence-electron chi connectivity index (χ2n) is 3.67. The van der Waals surface area contributed by atoms with E-state index in [1.165, 1.54) is 6.07 Å². The minimum Gasteiger partial charge on any atom is -0.379 e. The second-order valence-corrected chi connectivity index (χ2v) is 5.21. The van der Waals surface area contributed by atoms with Crippen molar-refractivity contribution in [2.45, 2.75) is 25.7 Å². The highest BCUT2D eigenvalue weighted by Gasteiger charge is 2.16.